The lowest BCUT2D eigenvalue weighted by Crippen LogP contribution is -2.44. The molecule has 1 aromatic heterocycles. The number of amides is 2. The van der Waals surface area contributed by atoms with Gasteiger partial charge in [0, 0.05) is 23.4 Å². The van der Waals surface area contributed by atoms with Crippen molar-refractivity contribution in [3.8, 4) is 0 Å². The third kappa shape index (κ3) is 3.59. The standard InChI is InChI=1S/C17H17FN2O2S/c18-14-6-2-1-4-12(14)10-19-17(22)15-7-8-16(21)20(15)11-13-5-3-9-23-13/h1-6,9,15H,7-8,10-11H2,(H,19,22)/t15-/m1/s1. The average Bonchev–Trinajstić information content (AvgIpc) is 3.18. The van der Waals surface area contributed by atoms with Crippen LogP contribution in [0.4, 0.5) is 4.39 Å². The van der Waals surface area contributed by atoms with E-state index in [4.69, 9.17) is 0 Å². The number of rotatable bonds is 5. The van der Waals surface area contributed by atoms with E-state index >= 15 is 0 Å². The van der Waals surface area contributed by atoms with Gasteiger partial charge in [-0.2, -0.15) is 0 Å². The van der Waals surface area contributed by atoms with E-state index in [1.54, 1.807) is 34.4 Å². The highest BCUT2D eigenvalue weighted by Crippen LogP contribution is 2.23. The first kappa shape index (κ1) is 15.7. The van der Waals surface area contributed by atoms with Crippen LogP contribution in [-0.4, -0.2) is 22.8 Å². The topological polar surface area (TPSA) is 49.4 Å². The van der Waals surface area contributed by atoms with Gasteiger partial charge in [0.2, 0.25) is 11.8 Å². The predicted molar refractivity (Wildman–Crippen MR) is 86.1 cm³/mol. The highest BCUT2D eigenvalue weighted by molar-refractivity contribution is 7.09. The summed E-state index contributed by atoms with van der Waals surface area (Å²) in [6.07, 6.45) is 0.885. The molecule has 0 bridgehead atoms. The molecule has 0 radical (unpaired) electrons. The molecule has 1 atom stereocenters. The Labute approximate surface area is 137 Å². The highest BCUT2D eigenvalue weighted by atomic mass is 32.1. The number of nitrogens with one attached hydrogen (secondary N) is 1. The van der Waals surface area contributed by atoms with Gasteiger partial charge in [-0.15, -0.1) is 11.3 Å². The van der Waals surface area contributed by atoms with Crippen molar-refractivity contribution < 1.29 is 14.0 Å². The molecule has 0 saturated carbocycles. The van der Waals surface area contributed by atoms with Gasteiger partial charge in [0.1, 0.15) is 11.9 Å². The minimum absolute atomic E-state index is 0.00978. The van der Waals surface area contributed by atoms with Crippen molar-refractivity contribution in [3.63, 3.8) is 0 Å². The van der Waals surface area contributed by atoms with Crippen LogP contribution in [0.2, 0.25) is 0 Å². The lowest BCUT2D eigenvalue weighted by molar-refractivity contribution is -0.135. The van der Waals surface area contributed by atoms with Crippen molar-refractivity contribution >= 4 is 23.2 Å². The molecular weight excluding hydrogens is 315 g/mol. The molecule has 0 aliphatic carbocycles. The van der Waals surface area contributed by atoms with Crippen molar-refractivity contribution in [2.24, 2.45) is 0 Å². The summed E-state index contributed by atoms with van der Waals surface area (Å²) < 4.78 is 13.6. The third-order valence-electron chi connectivity index (χ3n) is 3.95. The average molecular weight is 332 g/mol. The molecule has 2 heterocycles. The summed E-state index contributed by atoms with van der Waals surface area (Å²) in [4.78, 5) is 27.1. The molecular formula is C17H17FN2O2S. The number of likely N-dealkylation sites (tertiary alicyclic amines) is 1. The number of nitrogens with zero attached hydrogens (tertiary/aromatic N) is 1. The van der Waals surface area contributed by atoms with Crippen LogP contribution in [0.5, 0.6) is 0 Å². The second-order valence-electron chi connectivity index (χ2n) is 5.46. The van der Waals surface area contributed by atoms with E-state index in [0.717, 1.165) is 4.88 Å². The maximum absolute atomic E-state index is 13.6. The molecule has 1 aliphatic heterocycles. The summed E-state index contributed by atoms with van der Waals surface area (Å²) >= 11 is 1.56. The molecule has 6 heteroatoms. The quantitative estimate of drug-likeness (QED) is 0.915. The molecule has 1 N–H and O–H groups in total. The van der Waals surface area contributed by atoms with E-state index in [1.165, 1.54) is 6.07 Å². The number of carbonyl (C=O) groups excluding carboxylic acids is 2. The van der Waals surface area contributed by atoms with Gasteiger partial charge in [-0.05, 0) is 23.9 Å². The molecule has 1 saturated heterocycles. The Kier molecular flexibility index (Phi) is 4.71. The lowest BCUT2D eigenvalue weighted by Gasteiger charge is -2.23. The number of hydrogen-bond acceptors (Lipinski definition) is 3. The number of halogens is 1. The zero-order valence-electron chi connectivity index (χ0n) is 12.5. The molecule has 1 aromatic carbocycles. The van der Waals surface area contributed by atoms with E-state index in [-0.39, 0.29) is 24.2 Å². The summed E-state index contributed by atoms with van der Waals surface area (Å²) in [5, 5.41) is 4.69. The molecule has 2 aromatic rings. The van der Waals surface area contributed by atoms with Gasteiger partial charge < -0.3 is 10.2 Å². The van der Waals surface area contributed by atoms with Crippen molar-refractivity contribution in [1.82, 2.24) is 10.2 Å². The number of hydrogen-bond donors (Lipinski definition) is 1. The van der Waals surface area contributed by atoms with Gasteiger partial charge >= 0.3 is 0 Å². The zero-order valence-corrected chi connectivity index (χ0v) is 13.3. The van der Waals surface area contributed by atoms with Crippen LogP contribution in [0.3, 0.4) is 0 Å². The van der Waals surface area contributed by atoms with Crippen LogP contribution in [-0.2, 0) is 22.7 Å². The second kappa shape index (κ2) is 6.91. The number of thiophene rings is 1. The summed E-state index contributed by atoms with van der Waals surface area (Å²) in [6.45, 7) is 0.581. The molecule has 1 aliphatic rings. The SMILES string of the molecule is O=C(NCc1ccccc1F)[C@H]1CCC(=O)N1Cc1cccs1. The summed E-state index contributed by atoms with van der Waals surface area (Å²) in [6, 6.07) is 9.74. The summed E-state index contributed by atoms with van der Waals surface area (Å²) in [5.41, 5.74) is 0.440. The Morgan fingerprint density at radius 3 is 2.87 bits per heavy atom. The number of carbonyl (C=O) groups is 2. The second-order valence-corrected chi connectivity index (χ2v) is 6.50. The number of benzene rings is 1. The van der Waals surface area contributed by atoms with Crippen molar-refractivity contribution in [2.75, 3.05) is 0 Å². The van der Waals surface area contributed by atoms with Crippen molar-refractivity contribution in [3.05, 3.63) is 58.0 Å². The first-order chi connectivity index (χ1) is 11.1. The predicted octanol–water partition coefficient (Wildman–Crippen LogP) is 2.69. The van der Waals surface area contributed by atoms with Crippen LogP contribution in [0.15, 0.2) is 41.8 Å². The zero-order chi connectivity index (χ0) is 16.2. The van der Waals surface area contributed by atoms with Crippen LogP contribution < -0.4 is 5.32 Å². The minimum Gasteiger partial charge on any atom is -0.350 e. The van der Waals surface area contributed by atoms with Crippen LogP contribution in [0.1, 0.15) is 23.3 Å². The molecule has 4 nitrogen and oxygen atoms in total. The van der Waals surface area contributed by atoms with E-state index in [1.807, 2.05) is 17.5 Å². The molecule has 2 amide bonds. The normalized spacial score (nSPS) is 17.5. The molecule has 1 fully saturated rings. The van der Waals surface area contributed by atoms with Gasteiger partial charge in [0.05, 0.1) is 6.54 Å². The summed E-state index contributed by atoms with van der Waals surface area (Å²) in [7, 11) is 0. The van der Waals surface area contributed by atoms with Crippen LogP contribution in [0.25, 0.3) is 0 Å². The third-order valence-corrected chi connectivity index (χ3v) is 4.81. The van der Waals surface area contributed by atoms with E-state index in [9.17, 15) is 14.0 Å². The van der Waals surface area contributed by atoms with Crippen molar-refractivity contribution in [2.45, 2.75) is 32.0 Å². The Morgan fingerprint density at radius 1 is 1.30 bits per heavy atom. The molecule has 3 rings (SSSR count). The highest BCUT2D eigenvalue weighted by Gasteiger charge is 2.35. The minimum atomic E-state index is -0.476. The maximum atomic E-state index is 13.6. The smallest absolute Gasteiger partial charge is 0.243 e. The Hall–Kier alpha value is -2.21. The van der Waals surface area contributed by atoms with E-state index in [0.29, 0.717) is 24.9 Å². The summed E-state index contributed by atoms with van der Waals surface area (Å²) in [5.74, 6) is -0.578. The molecule has 120 valence electrons. The lowest BCUT2D eigenvalue weighted by atomic mass is 10.1. The molecule has 0 unspecified atom stereocenters. The van der Waals surface area contributed by atoms with Gasteiger partial charge in [0.25, 0.3) is 0 Å². The Morgan fingerprint density at radius 2 is 2.13 bits per heavy atom. The molecule has 0 spiro atoms. The largest absolute Gasteiger partial charge is 0.350 e. The van der Waals surface area contributed by atoms with Gasteiger partial charge in [-0.3, -0.25) is 9.59 Å². The first-order valence-corrected chi connectivity index (χ1v) is 8.36. The van der Waals surface area contributed by atoms with Gasteiger partial charge in [-0.1, -0.05) is 24.3 Å². The first-order valence-electron chi connectivity index (χ1n) is 7.48. The maximum Gasteiger partial charge on any atom is 0.243 e. The molecule has 23 heavy (non-hydrogen) atoms. The fourth-order valence-electron chi connectivity index (χ4n) is 2.72. The van der Waals surface area contributed by atoms with Crippen LogP contribution >= 0.6 is 11.3 Å². The van der Waals surface area contributed by atoms with Gasteiger partial charge in [0.15, 0.2) is 0 Å². The Bertz CT molecular complexity index is 702. The monoisotopic (exact) mass is 332 g/mol. The van der Waals surface area contributed by atoms with Crippen molar-refractivity contribution in [1.29, 1.82) is 0 Å². The van der Waals surface area contributed by atoms with E-state index < -0.39 is 6.04 Å². The van der Waals surface area contributed by atoms with E-state index in [2.05, 4.69) is 5.32 Å². The fraction of sp³-hybridized carbons (Fsp3) is 0.294. The van der Waals surface area contributed by atoms with Crippen LogP contribution in [0, 0.1) is 5.82 Å². The van der Waals surface area contributed by atoms with Gasteiger partial charge in [-0.25, -0.2) is 4.39 Å². The fourth-order valence-corrected chi connectivity index (χ4v) is 3.42. The Balaban J connectivity index is 1.63.